The number of halogens is 6. The van der Waals surface area contributed by atoms with E-state index in [0.717, 1.165) is 37.8 Å². The van der Waals surface area contributed by atoms with Gasteiger partial charge in [0, 0.05) is 6.92 Å². The van der Waals surface area contributed by atoms with Gasteiger partial charge in [0.05, 0.1) is 0 Å². The lowest BCUT2D eigenvalue weighted by Crippen LogP contribution is -2.57. The molecule has 1 rings (SSSR count). The Morgan fingerprint density at radius 3 is 1.66 bits per heavy atom. The first-order valence-corrected chi connectivity index (χ1v) is 13.8. The minimum atomic E-state index is -6.38. The number of hydrogen-bond acceptors (Lipinski definition) is 3. The number of hydrogen-bond donors (Lipinski definition) is 0. The van der Waals surface area contributed by atoms with Crippen molar-refractivity contribution in [2.24, 2.45) is 0 Å². The summed E-state index contributed by atoms with van der Waals surface area (Å²) in [6, 6.07) is 5.07. The van der Waals surface area contributed by atoms with E-state index >= 15 is 0 Å². The first-order chi connectivity index (χ1) is 16.3. The molecule has 3 nitrogen and oxygen atoms in total. The van der Waals surface area contributed by atoms with Crippen molar-refractivity contribution < 1.29 is 38.9 Å². The fourth-order valence-electron chi connectivity index (χ4n) is 3.69. The molecule has 1 aromatic rings. The third kappa shape index (κ3) is 9.84. The molecule has 0 amide bonds. The maximum Gasteiger partial charge on any atom is 0.449 e. The molecule has 204 valence electrons. The van der Waals surface area contributed by atoms with Crippen molar-refractivity contribution in [2.75, 3.05) is 0 Å². The van der Waals surface area contributed by atoms with Crippen LogP contribution in [0.15, 0.2) is 24.3 Å². The molecule has 1 aromatic carbocycles. The Bertz CT molecular complexity index is 838. The van der Waals surface area contributed by atoms with Crippen LogP contribution in [0.2, 0.25) is 0 Å². The lowest BCUT2D eigenvalue weighted by molar-refractivity contribution is -0.272. The fourth-order valence-corrected chi connectivity index (χ4v) is 4.65. The maximum atomic E-state index is 13.8. The van der Waals surface area contributed by atoms with Gasteiger partial charge in [-0.1, -0.05) is 96.1 Å². The summed E-state index contributed by atoms with van der Waals surface area (Å²) in [6.07, 6.45) is 15.8. The van der Waals surface area contributed by atoms with E-state index < -0.39 is 39.9 Å². The van der Waals surface area contributed by atoms with Crippen LogP contribution in [0.25, 0.3) is 0 Å². The van der Waals surface area contributed by atoms with Crippen molar-refractivity contribution in [1.82, 2.24) is 0 Å². The third-order valence-electron chi connectivity index (χ3n) is 5.90. The second-order valence-electron chi connectivity index (χ2n) is 9.16. The summed E-state index contributed by atoms with van der Waals surface area (Å²) >= 11 is 0. The van der Waals surface area contributed by atoms with Gasteiger partial charge in [0.2, 0.25) is 0 Å². The first kappa shape index (κ1) is 31.6. The molecule has 0 heterocycles. The van der Waals surface area contributed by atoms with E-state index in [1.54, 1.807) is 6.07 Å². The molecular weight excluding hydrogens is 494 g/mol. The summed E-state index contributed by atoms with van der Waals surface area (Å²) in [7, 11) is -6.38. The van der Waals surface area contributed by atoms with Gasteiger partial charge in [-0.05, 0) is 30.5 Å². The molecule has 0 unspecified atom stereocenters. The summed E-state index contributed by atoms with van der Waals surface area (Å²) in [5.41, 5.74) is 0.566. The summed E-state index contributed by atoms with van der Waals surface area (Å²) in [6.45, 7) is 1.73. The molecule has 35 heavy (non-hydrogen) atoms. The number of benzene rings is 1. The Morgan fingerprint density at radius 1 is 0.743 bits per heavy atom. The highest BCUT2D eigenvalue weighted by Gasteiger charge is 2.76. The van der Waals surface area contributed by atoms with E-state index in [9.17, 15) is 34.8 Å². The van der Waals surface area contributed by atoms with Crippen LogP contribution >= 0.6 is 0 Å². The van der Waals surface area contributed by atoms with E-state index in [1.165, 1.54) is 63.9 Å². The van der Waals surface area contributed by atoms with Gasteiger partial charge in [-0.15, -0.1) is 0 Å². The van der Waals surface area contributed by atoms with Crippen LogP contribution in [0.1, 0.15) is 103 Å². The van der Waals surface area contributed by atoms with Gasteiger partial charge in [-0.25, -0.2) is 0 Å². The summed E-state index contributed by atoms with van der Waals surface area (Å²) in [4.78, 5) is 0. The van der Waals surface area contributed by atoms with Gasteiger partial charge >= 0.3 is 27.2 Å². The average Bonchev–Trinajstić information content (AvgIpc) is 2.76. The Balaban J connectivity index is 2.40. The van der Waals surface area contributed by atoms with Crippen LogP contribution in [0.4, 0.5) is 26.3 Å². The van der Waals surface area contributed by atoms with Gasteiger partial charge in [0.25, 0.3) is 0 Å². The summed E-state index contributed by atoms with van der Waals surface area (Å²) in [5, 5.41) is -6.12. The van der Waals surface area contributed by atoms with Crippen LogP contribution in [0.3, 0.4) is 0 Å². The zero-order valence-corrected chi connectivity index (χ0v) is 21.4. The Hall–Kier alpha value is -1.45. The molecule has 0 spiro atoms. The van der Waals surface area contributed by atoms with Crippen LogP contribution in [-0.2, 0) is 16.5 Å². The predicted molar refractivity (Wildman–Crippen MR) is 126 cm³/mol. The number of rotatable bonds is 19. The van der Waals surface area contributed by atoms with E-state index in [1.807, 2.05) is 0 Å². The highest BCUT2D eigenvalue weighted by atomic mass is 32.2. The number of alkyl halides is 6. The summed E-state index contributed by atoms with van der Waals surface area (Å²) in [5.74, 6) is -12.1. The van der Waals surface area contributed by atoms with Crippen molar-refractivity contribution >= 4 is 10.1 Å². The molecule has 0 radical (unpaired) electrons. The minimum Gasteiger partial charge on any atom is -0.378 e. The molecule has 0 fully saturated rings. The van der Waals surface area contributed by atoms with Gasteiger partial charge in [-0.3, -0.25) is 0 Å². The molecule has 10 heteroatoms. The smallest absolute Gasteiger partial charge is 0.378 e. The third-order valence-corrected chi connectivity index (χ3v) is 7.20. The van der Waals surface area contributed by atoms with Gasteiger partial charge in [0.15, 0.2) is 0 Å². The average molecular weight is 533 g/mol. The van der Waals surface area contributed by atoms with Crippen LogP contribution in [0, 0.1) is 0 Å². The fraction of sp³-hybridized carbons (Fsp3) is 0.760. The monoisotopic (exact) mass is 532 g/mol. The molecule has 0 aliphatic heterocycles. The number of unbranched alkanes of at least 4 members (excludes halogenated alkanes) is 12. The van der Waals surface area contributed by atoms with Crippen molar-refractivity contribution in [2.45, 2.75) is 121 Å². The van der Waals surface area contributed by atoms with Crippen LogP contribution in [-0.4, -0.2) is 25.5 Å². The molecule has 0 atom stereocenters. The van der Waals surface area contributed by atoms with Crippen LogP contribution in [0.5, 0.6) is 5.75 Å². The van der Waals surface area contributed by atoms with Gasteiger partial charge < -0.3 is 4.18 Å². The highest BCUT2D eigenvalue weighted by molar-refractivity contribution is 7.88. The second kappa shape index (κ2) is 14.3. The lowest BCUT2D eigenvalue weighted by Gasteiger charge is -2.29. The van der Waals surface area contributed by atoms with Crippen molar-refractivity contribution in [3.8, 4) is 5.75 Å². The van der Waals surface area contributed by atoms with E-state index in [4.69, 9.17) is 0 Å². The minimum absolute atomic E-state index is 0.480. The van der Waals surface area contributed by atoms with E-state index in [2.05, 4.69) is 11.1 Å². The molecule has 0 saturated carbocycles. The molecule has 0 N–H and O–H groups in total. The zero-order chi connectivity index (χ0) is 26.6. The quantitative estimate of drug-likeness (QED) is 0.101. The first-order valence-electron chi connectivity index (χ1n) is 12.4. The zero-order valence-electron chi connectivity index (χ0n) is 20.6. The van der Waals surface area contributed by atoms with Crippen molar-refractivity contribution in [1.29, 1.82) is 0 Å². The maximum absolute atomic E-state index is 13.8. The predicted octanol–water partition coefficient (Wildman–Crippen LogP) is 8.91. The van der Waals surface area contributed by atoms with Crippen molar-refractivity contribution in [3.05, 3.63) is 29.8 Å². The largest absolute Gasteiger partial charge is 0.449 e. The number of aryl methyl sites for hydroxylation is 1. The standard InChI is InChI=1S/C25H38F6O3S/c1-3-4-5-6-7-8-9-10-11-12-13-14-15-17-21-18-16-19-22(20-21)34-35(32,33)25(30,31)24(28,29)23(2,26)27/h16,18-20H,3-15,17H2,1-2H3. The molecule has 0 bridgehead atoms. The normalized spacial score (nSPS) is 13.3. The Kier molecular flexibility index (Phi) is 12.9. The Morgan fingerprint density at radius 2 is 1.20 bits per heavy atom. The topological polar surface area (TPSA) is 43.4 Å². The van der Waals surface area contributed by atoms with Gasteiger partial charge in [-0.2, -0.15) is 34.8 Å². The van der Waals surface area contributed by atoms with Gasteiger partial charge in [0.1, 0.15) is 5.75 Å². The lowest BCUT2D eigenvalue weighted by atomic mass is 10.0. The molecule has 0 aliphatic rings. The molecule has 0 aromatic heterocycles. The molecule has 0 saturated heterocycles. The Labute approximate surface area is 205 Å². The summed E-state index contributed by atoms with van der Waals surface area (Å²) < 4.78 is 108. The van der Waals surface area contributed by atoms with E-state index in [-0.39, 0.29) is 0 Å². The van der Waals surface area contributed by atoms with Crippen LogP contribution < -0.4 is 4.18 Å². The second-order valence-corrected chi connectivity index (χ2v) is 10.7. The van der Waals surface area contributed by atoms with Crippen molar-refractivity contribution in [3.63, 3.8) is 0 Å². The molecular formula is C25H38F6O3S. The molecule has 0 aliphatic carbocycles. The van der Waals surface area contributed by atoms with E-state index in [0.29, 0.717) is 12.0 Å². The highest BCUT2D eigenvalue weighted by Crippen LogP contribution is 2.48. The SMILES string of the molecule is CCCCCCCCCCCCCCCc1cccc(OS(=O)(=O)C(F)(F)C(F)(F)C(C)(F)F)c1.